The molecule has 1 N–H and O–H groups in total. The lowest BCUT2D eigenvalue weighted by atomic mass is 9.90. The molecule has 132 valence electrons. The molecule has 1 saturated heterocycles. The van der Waals surface area contributed by atoms with Crippen molar-refractivity contribution in [1.29, 1.82) is 0 Å². The van der Waals surface area contributed by atoms with Crippen molar-refractivity contribution in [2.45, 2.75) is 32.5 Å². The van der Waals surface area contributed by atoms with Gasteiger partial charge < -0.3 is 14.7 Å². The first kappa shape index (κ1) is 18.1. The summed E-state index contributed by atoms with van der Waals surface area (Å²) in [6.07, 6.45) is -3.78. The number of carbonyl (C=O) groups excluding carboxylic acids is 1. The number of likely N-dealkylation sites (tertiary alicyclic amines) is 1. The second-order valence-electron chi connectivity index (χ2n) is 6.12. The quantitative estimate of drug-likeness (QED) is 0.891. The Bertz CT molecular complexity index is 615. The van der Waals surface area contributed by atoms with Crippen molar-refractivity contribution >= 4 is 11.9 Å². The number of carboxylic acids is 1. The lowest BCUT2D eigenvalue weighted by Gasteiger charge is -2.20. The minimum atomic E-state index is -4.73. The smallest absolute Gasteiger partial charge is 0.481 e. The maximum atomic E-state index is 12.1. The van der Waals surface area contributed by atoms with Crippen LogP contribution in [0.3, 0.4) is 0 Å². The van der Waals surface area contributed by atoms with E-state index in [-0.39, 0.29) is 24.6 Å². The number of aryl methyl sites for hydroxylation is 1. The summed E-state index contributed by atoms with van der Waals surface area (Å²) in [5, 5.41) is 9.16. The number of rotatable bonds is 5. The first-order chi connectivity index (χ1) is 11.1. The van der Waals surface area contributed by atoms with Crippen LogP contribution in [0.25, 0.3) is 0 Å². The Kier molecular flexibility index (Phi) is 5.05. The minimum absolute atomic E-state index is 0.157. The van der Waals surface area contributed by atoms with Gasteiger partial charge in [-0.05, 0) is 37.5 Å². The molecule has 1 fully saturated rings. The molecule has 2 rings (SSSR count). The van der Waals surface area contributed by atoms with Gasteiger partial charge in [-0.15, -0.1) is 13.2 Å². The zero-order valence-electron chi connectivity index (χ0n) is 13.1. The fourth-order valence-electron chi connectivity index (χ4n) is 2.62. The van der Waals surface area contributed by atoms with Gasteiger partial charge in [-0.3, -0.25) is 9.59 Å². The standard InChI is InChI=1S/C16H18F3NO4/c1-15(14(22)23)8-9-20(10-15)13(21)7-4-11-2-5-12(6-3-11)24-16(17,18)19/h2-3,5-6H,4,7-10H2,1H3,(H,22,23)/t15-/m0/s1. The molecule has 0 unspecified atom stereocenters. The van der Waals surface area contributed by atoms with Gasteiger partial charge in [0.25, 0.3) is 0 Å². The van der Waals surface area contributed by atoms with Gasteiger partial charge in [-0.2, -0.15) is 0 Å². The molecule has 1 amide bonds. The van der Waals surface area contributed by atoms with E-state index < -0.39 is 17.7 Å². The summed E-state index contributed by atoms with van der Waals surface area (Å²) in [5.41, 5.74) is -0.204. The number of hydrogen-bond donors (Lipinski definition) is 1. The van der Waals surface area contributed by atoms with E-state index in [9.17, 15) is 22.8 Å². The molecule has 24 heavy (non-hydrogen) atoms. The van der Waals surface area contributed by atoms with E-state index in [4.69, 9.17) is 5.11 Å². The van der Waals surface area contributed by atoms with Crippen molar-refractivity contribution in [2.75, 3.05) is 13.1 Å². The summed E-state index contributed by atoms with van der Waals surface area (Å²) in [6, 6.07) is 5.34. The highest BCUT2D eigenvalue weighted by Gasteiger charge is 2.41. The summed E-state index contributed by atoms with van der Waals surface area (Å²) < 4.78 is 40.0. The van der Waals surface area contributed by atoms with Crippen molar-refractivity contribution in [3.8, 4) is 5.75 Å². The van der Waals surface area contributed by atoms with Gasteiger partial charge in [-0.1, -0.05) is 12.1 Å². The van der Waals surface area contributed by atoms with Gasteiger partial charge in [0, 0.05) is 19.5 Å². The monoisotopic (exact) mass is 345 g/mol. The highest BCUT2D eigenvalue weighted by atomic mass is 19.4. The molecule has 1 atom stereocenters. The first-order valence-corrected chi connectivity index (χ1v) is 7.45. The number of alkyl halides is 3. The molecule has 1 aliphatic rings. The van der Waals surface area contributed by atoms with Crippen LogP contribution in [0.4, 0.5) is 13.2 Å². The number of carbonyl (C=O) groups is 2. The van der Waals surface area contributed by atoms with Crippen LogP contribution in [0.2, 0.25) is 0 Å². The third-order valence-electron chi connectivity index (χ3n) is 4.13. The number of ether oxygens (including phenoxy) is 1. The lowest BCUT2D eigenvalue weighted by molar-refractivity contribution is -0.274. The number of aliphatic carboxylic acids is 1. The van der Waals surface area contributed by atoms with E-state index in [1.807, 2.05) is 0 Å². The normalized spacial score (nSPS) is 20.9. The molecule has 0 bridgehead atoms. The topological polar surface area (TPSA) is 66.8 Å². The molecule has 0 aromatic heterocycles. The molecular weight excluding hydrogens is 327 g/mol. The van der Waals surface area contributed by atoms with Crippen LogP contribution in [0, 0.1) is 5.41 Å². The summed E-state index contributed by atoms with van der Waals surface area (Å²) in [4.78, 5) is 24.8. The average molecular weight is 345 g/mol. The molecule has 0 spiro atoms. The molecule has 5 nitrogen and oxygen atoms in total. The van der Waals surface area contributed by atoms with Crippen LogP contribution in [-0.2, 0) is 16.0 Å². The maximum absolute atomic E-state index is 12.1. The minimum Gasteiger partial charge on any atom is -0.481 e. The fraction of sp³-hybridized carbons (Fsp3) is 0.500. The van der Waals surface area contributed by atoms with E-state index in [1.54, 1.807) is 6.92 Å². The third kappa shape index (κ3) is 4.62. The molecule has 0 saturated carbocycles. The van der Waals surface area contributed by atoms with Gasteiger partial charge in [-0.25, -0.2) is 0 Å². The lowest BCUT2D eigenvalue weighted by Crippen LogP contribution is -2.34. The molecule has 1 heterocycles. The Morgan fingerprint density at radius 3 is 2.42 bits per heavy atom. The van der Waals surface area contributed by atoms with Crippen LogP contribution in [0.5, 0.6) is 5.75 Å². The average Bonchev–Trinajstić information content (AvgIpc) is 2.89. The Morgan fingerprint density at radius 2 is 1.92 bits per heavy atom. The van der Waals surface area contributed by atoms with Gasteiger partial charge in [0.15, 0.2) is 0 Å². The molecular formula is C16H18F3NO4. The van der Waals surface area contributed by atoms with Crippen LogP contribution in [-0.4, -0.2) is 41.3 Å². The van der Waals surface area contributed by atoms with E-state index in [0.29, 0.717) is 24.9 Å². The number of hydrogen-bond acceptors (Lipinski definition) is 3. The van der Waals surface area contributed by atoms with Crippen molar-refractivity contribution < 1.29 is 32.6 Å². The summed E-state index contributed by atoms with van der Waals surface area (Å²) in [5.74, 6) is -1.39. The Labute approximate surface area is 137 Å². The van der Waals surface area contributed by atoms with E-state index in [1.165, 1.54) is 29.2 Å². The largest absolute Gasteiger partial charge is 0.573 e. The molecule has 1 aromatic carbocycles. The number of halogens is 3. The van der Waals surface area contributed by atoms with Gasteiger partial charge >= 0.3 is 12.3 Å². The molecule has 1 aliphatic heterocycles. The Hall–Kier alpha value is -2.25. The molecule has 8 heteroatoms. The number of nitrogens with zero attached hydrogens (tertiary/aromatic N) is 1. The van der Waals surface area contributed by atoms with Crippen LogP contribution in [0.1, 0.15) is 25.3 Å². The van der Waals surface area contributed by atoms with Crippen LogP contribution < -0.4 is 4.74 Å². The predicted molar refractivity (Wildman–Crippen MR) is 78.4 cm³/mol. The fourth-order valence-corrected chi connectivity index (χ4v) is 2.62. The van der Waals surface area contributed by atoms with Crippen molar-refractivity contribution in [2.24, 2.45) is 5.41 Å². The second-order valence-corrected chi connectivity index (χ2v) is 6.12. The highest BCUT2D eigenvalue weighted by Crippen LogP contribution is 2.30. The van der Waals surface area contributed by atoms with Gasteiger partial charge in [0.2, 0.25) is 5.91 Å². The number of carboxylic acid groups (broad SMARTS) is 1. The second kappa shape index (κ2) is 6.70. The summed E-state index contributed by atoms with van der Waals surface area (Å²) >= 11 is 0. The first-order valence-electron chi connectivity index (χ1n) is 7.45. The van der Waals surface area contributed by atoms with Crippen molar-refractivity contribution in [3.63, 3.8) is 0 Å². The maximum Gasteiger partial charge on any atom is 0.573 e. The van der Waals surface area contributed by atoms with E-state index in [0.717, 1.165) is 0 Å². The predicted octanol–water partition coefficient (Wildman–Crippen LogP) is 2.84. The SMILES string of the molecule is C[C@]1(C(=O)O)CCN(C(=O)CCc2ccc(OC(F)(F)F)cc2)C1. The van der Waals surface area contributed by atoms with Gasteiger partial charge in [0.05, 0.1) is 5.41 Å². The number of amides is 1. The zero-order valence-corrected chi connectivity index (χ0v) is 13.1. The van der Waals surface area contributed by atoms with Crippen LogP contribution in [0.15, 0.2) is 24.3 Å². The van der Waals surface area contributed by atoms with E-state index in [2.05, 4.69) is 4.74 Å². The van der Waals surface area contributed by atoms with Crippen molar-refractivity contribution in [3.05, 3.63) is 29.8 Å². The number of benzene rings is 1. The van der Waals surface area contributed by atoms with E-state index >= 15 is 0 Å². The summed E-state index contributed by atoms with van der Waals surface area (Å²) in [7, 11) is 0. The molecule has 0 aliphatic carbocycles. The molecule has 0 radical (unpaired) electrons. The highest BCUT2D eigenvalue weighted by molar-refractivity contribution is 5.80. The van der Waals surface area contributed by atoms with Gasteiger partial charge in [0.1, 0.15) is 5.75 Å². The Balaban J connectivity index is 1.85. The third-order valence-corrected chi connectivity index (χ3v) is 4.13. The van der Waals surface area contributed by atoms with Crippen LogP contribution >= 0.6 is 0 Å². The Morgan fingerprint density at radius 1 is 1.29 bits per heavy atom. The summed E-state index contributed by atoms with van der Waals surface area (Å²) in [6.45, 7) is 2.20. The van der Waals surface area contributed by atoms with Crippen molar-refractivity contribution in [1.82, 2.24) is 4.90 Å². The zero-order chi connectivity index (χ0) is 18.0. The molecule has 1 aromatic rings.